The topological polar surface area (TPSA) is 41.1 Å². The zero-order valence-electron chi connectivity index (χ0n) is 8.94. The molecule has 0 spiro atoms. The summed E-state index contributed by atoms with van der Waals surface area (Å²) in [6.45, 7) is 3.78. The molecule has 0 heterocycles. The van der Waals surface area contributed by atoms with Gasteiger partial charge in [-0.15, -0.1) is 0 Å². The number of hydrogen-bond acceptors (Lipinski definition) is 2. The summed E-state index contributed by atoms with van der Waals surface area (Å²) in [6, 6.07) is 0.489. The first-order valence-corrected chi connectivity index (χ1v) is 5.68. The molecule has 2 aliphatic rings. The SMILES string of the molecule is CC1(CNCC(=O)NC2CC2)CCC1. The molecule has 0 radical (unpaired) electrons. The molecule has 0 unspecified atom stereocenters. The van der Waals surface area contributed by atoms with Gasteiger partial charge >= 0.3 is 0 Å². The third-order valence-electron chi connectivity index (χ3n) is 3.34. The lowest BCUT2D eigenvalue weighted by molar-refractivity contribution is -0.120. The van der Waals surface area contributed by atoms with Gasteiger partial charge in [-0.05, 0) is 31.1 Å². The van der Waals surface area contributed by atoms with E-state index in [0.29, 0.717) is 18.0 Å². The molecule has 2 rings (SSSR count). The van der Waals surface area contributed by atoms with Gasteiger partial charge in [0.2, 0.25) is 5.91 Å². The highest BCUT2D eigenvalue weighted by Crippen LogP contribution is 2.39. The minimum absolute atomic E-state index is 0.162. The molecule has 0 aromatic carbocycles. The van der Waals surface area contributed by atoms with Crippen LogP contribution in [0.15, 0.2) is 0 Å². The summed E-state index contributed by atoms with van der Waals surface area (Å²) in [6.07, 6.45) is 6.31. The van der Waals surface area contributed by atoms with Gasteiger partial charge in [0.15, 0.2) is 0 Å². The minimum atomic E-state index is 0.162. The summed E-state index contributed by atoms with van der Waals surface area (Å²) in [7, 11) is 0. The number of nitrogens with one attached hydrogen (secondary N) is 2. The Hall–Kier alpha value is -0.570. The van der Waals surface area contributed by atoms with Crippen molar-refractivity contribution < 1.29 is 4.79 Å². The summed E-state index contributed by atoms with van der Waals surface area (Å²) in [4.78, 5) is 11.3. The van der Waals surface area contributed by atoms with Gasteiger partial charge in [-0.2, -0.15) is 0 Å². The van der Waals surface area contributed by atoms with Crippen molar-refractivity contribution in [2.24, 2.45) is 5.41 Å². The number of carbonyl (C=O) groups is 1. The van der Waals surface area contributed by atoms with Gasteiger partial charge in [0, 0.05) is 12.6 Å². The fourth-order valence-corrected chi connectivity index (χ4v) is 1.94. The fraction of sp³-hybridized carbons (Fsp3) is 0.909. The average Bonchev–Trinajstić information content (AvgIpc) is 2.85. The molecule has 2 aliphatic carbocycles. The standard InChI is InChI=1S/C11H20N2O/c1-11(5-2-6-11)8-12-7-10(14)13-9-3-4-9/h9,12H,2-8H2,1H3,(H,13,14). The van der Waals surface area contributed by atoms with E-state index in [2.05, 4.69) is 17.6 Å². The van der Waals surface area contributed by atoms with Crippen LogP contribution in [0, 0.1) is 5.41 Å². The Morgan fingerprint density at radius 2 is 2.14 bits per heavy atom. The van der Waals surface area contributed by atoms with Gasteiger partial charge < -0.3 is 10.6 Å². The van der Waals surface area contributed by atoms with E-state index in [9.17, 15) is 4.79 Å². The average molecular weight is 196 g/mol. The van der Waals surface area contributed by atoms with Gasteiger partial charge in [0.25, 0.3) is 0 Å². The highest BCUT2D eigenvalue weighted by atomic mass is 16.2. The molecule has 0 aromatic heterocycles. The van der Waals surface area contributed by atoms with Crippen LogP contribution < -0.4 is 10.6 Å². The first-order chi connectivity index (χ1) is 6.68. The van der Waals surface area contributed by atoms with E-state index >= 15 is 0 Å². The van der Waals surface area contributed by atoms with E-state index in [1.165, 1.54) is 32.1 Å². The van der Waals surface area contributed by atoms with Crippen LogP contribution in [0.2, 0.25) is 0 Å². The molecule has 2 N–H and O–H groups in total. The molecule has 0 atom stereocenters. The summed E-state index contributed by atoms with van der Waals surface area (Å²) < 4.78 is 0. The van der Waals surface area contributed by atoms with Crippen LogP contribution in [0.1, 0.15) is 39.0 Å². The molecule has 0 bridgehead atoms. The number of amides is 1. The van der Waals surface area contributed by atoms with Gasteiger partial charge in [-0.3, -0.25) is 4.79 Å². The maximum absolute atomic E-state index is 11.3. The second kappa shape index (κ2) is 3.89. The predicted octanol–water partition coefficient (Wildman–Crippen LogP) is 1.04. The summed E-state index contributed by atoms with van der Waals surface area (Å²) >= 11 is 0. The third-order valence-corrected chi connectivity index (χ3v) is 3.34. The van der Waals surface area contributed by atoms with Crippen molar-refractivity contribution in [1.82, 2.24) is 10.6 Å². The molecule has 0 saturated heterocycles. The Morgan fingerprint density at radius 3 is 2.64 bits per heavy atom. The van der Waals surface area contributed by atoms with E-state index in [1.54, 1.807) is 0 Å². The first kappa shape index (κ1) is 9.97. The maximum Gasteiger partial charge on any atom is 0.234 e. The van der Waals surface area contributed by atoms with Crippen molar-refractivity contribution in [2.45, 2.75) is 45.1 Å². The lowest BCUT2D eigenvalue weighted by atomic mass is 9.70. The van der Waals surface area contributed by atoms with Crippen molar-refractivity contribution in [1.29, 1.82) is 0 Å². The molecule has 1 amide bonds. The van der Waals surface area contributed by atoms with Crippen LogP contribution >= 0.6 is 0 Å². The zero-order valence-corrected chi connectivity index (χ0v) is 8.94. The Kier molecular flexibility index (Phi) is 2.77. The summed E-state index contributed by atoms with van der Waals surface area (Å²) in [5.74, 6) is 0.162. The zero-order chi connectivity index (χ0) is 10.0. The summed E-state index contributed by atoms with van der Waals surface area (Å²) in [5.41, 5.74) is 0.472. The van der Waals surface area contributed by atoms with Crippen LogP contribution in [0.25, 0.3) is 0 Å². The van der Waals surface area contributed by atoms with Crippen molar-refractivity contribution >= 4 is 5.91 Å². The van der Waals surface area contributed by atoms with E-state index in [4.69, 9.17) is 0 Å². The smallest absolute Gasteiger partial charge is 0.234 e. The summed E-state index contributed by atoms with van der Waals surface area (Å²) in [5, 5.41) is 6.22. The Labute approximate surface area is 85.6 Å². The molecule has 0 aliphatic heterocycles. The largest absolute Gasteiger partial charge is 0.352 e. The molecule has 2 saturated carbocycles. The number of rotatable bonds is 5. The van der Waals surface area contributed by atoms with E-state index in [-0.39, 0.29) is 5.91 Å². The normalized spacial score (nSPS) is 24.1. The lowest BCUT2D eigenvalue weighted by Gasteiger charge is -2.38. The van der Waals surface area contributed by atoms with Crippen LogP contribution in [0.4, 0.5) is 0 Å². The Bertz CT molecular complexity index is 219. The van der Waals surface area contributed by atoms with Gasteiger partial charge in [-0.1, -0.05) is 13.3 Å². The third kappa shape index (κ3) is 2.71. The quantitative estimate of drug-likeness (QED) is 0.690. The maximum atomic E-state index is 11.3. The van der Waals surface area contributed by atoms with Crippen molar-refractivity contribution in [3.05, 3.63) is 0 Å². The molecule has 80 valence electrons. The van der Waals surface area contributed by atoms with Crippen LogP contribution in [0.3, 0.4) is 0 Å². The Balaban J connectivity index is 1.55. The monoisotopic (exact) mass is 196 g/mol. The van der Waals surface area contributed by atoms with Crippen molar-refractivity contribution in [2.75, 3.05) is 13.1 Å². The first-order valence-electron chi connectivity index (χ1n) is 5.68. The predicted molar refractivity (Wildman–Crippen MR) is 56.0 cm³/mol. The molecule has 2 fully saturated rings. The van der Waals surface area contributed by atoms with Crippen LogP contribution in [0.5, 0.6) is 0 Å². The molecule has 3 heteroatoms. The Morgan fingerprint density at radius 1 is 1.43 bits per heavy atom. The van der Waals surface area contributed by atoms with Crippen LogP contribution in [-0.2, 0) is 4.79 Å². The number of carbonyl (C=O) groups excluding carboxylic acids is 1. The van der Waals surface area contributed by atoms with Gasteiger partial charge in [0.05, 0.1) is 6.54 Å². The van der Waals surface area contributed by atoms with E-state index in [0.717, 1.165) is 6.54 Å². The highest BCUT2D eigenvalue weighted by Gasteiger charge is 2.31. The van der Waals surface area contributed by atoms with Crippen molar-refractivity contribution in [3.63, 3.8) is 0 Å². The second-order valence-corrected chi connectivity index (χ2v) is 5.11. The molecule has 3 nitrogen and oxygen atoms in total. The van der Waals surface area contributed by atoms with Crippen molar-refractivity contribution in [3.8, 4) is 0 Å². The fourth-order valence-electron chi connectivity index (χ4n) is 1.94. The molecular weight excluding hydrogens is 176 g/mol. The van der Waals surface area contributed by atoms with Crippen LogP contribution in [-0.4, -0.2) is 25.0 Å². The minimum Gasteiger partial charge on any atom is -0.352 e. The van der Waals surface area contributed by atoms with Gasteiger partial charge in [-0.25, -0.2) is 0 Å². The van der Waals surface area contributed by atoms with E-state index < -0.39 is 0 Å². The lowest BCUT2D eigenvalue weighted by Crippen LogP contribution is -2.42. The van der Waals surface area contributed by atoms with E-state index in [1.807, 2.05) is 0 Å². The molecular formula is C11H20N2O. The highest BCUT2D eigenvalue weighted by molar-refractivity contribution is 5.78. The molecule has 14 heavy (non-hydrogen) atoms. The number of hydrogen-bond donors (Lipinski definition) is 2. The molecule has 0 aromatic rings. The second-order valence-electron chi connectivity index (χ2n) is 5.11. The van der Waals surface area contributed by atoms with Gasteiger partial charge in [0.1, 0.15) is 0 Å².